The van der Waals surface area contributed by atoms with E-state index in [1.807, 2.05) is 0 Å². The summed E-state index contributed by atoms with van der Waals surface area (Å²) < 4.78 is 39.6. The quantitative estimate of drug-likeness (QED) is 0.666. The van der Waals surface area contributed by atoms with E-state index in [-0.39, 0.29) is 22.4 Å². The minimum atomic E-state index is -3.58. The van der Waals surface area contributed by atoms with Crippen LogP contribution in [0.5, 0.6) is 11.5 Å². The number of ether oxygens (including phenoxy) is 2. The lowest BCUT2D eigenvalue weighted by molar-refractivity contribution is 0.102. The summed E-state index contributed by atoms with van der Waals surface area (Å²) in [6, 6.07) is 10.7. The maximum absolute atomic E-state index is 12.5. The number of benzene rings is 2. The second kappa shape index (κ2) is 7.69. The van der Waals surface area contributed by atoms with Crippen LogP contribution < -0.4 is 14.8 Å². The summed E-state index contributed by atoms with van der Waals surface area (Å²) in [4.78, 5) is 12.4. The van der Waals surface area contributed by atoms with E-state index in [4.69, 9.17) is 13.9 Å². The number of carbonyl (C=O) groups is 1. The summed E-state index contributed by atoms with van der Waals surface area (Å²) in [5, 5.41) is 10.1. The standard InChI is InChI=1S/C18H17N3O6S/c1-25-13-9-8-11(10-14(13)26-2)17-20-21-18(27-17)19-16(22)12-6-4-5-7-15(12)28(3,23)24/h4-10H,1-3H3,(H,19,21,22). The number of methoxy groups -OCH3 is 2. The zero-order chi connectivity index (χ0) is 20.3. The third-order valence-corrected chi connectivity index (χ3v) is 4.96. The third kappa shape index (κ3) is 3.96. The molecule has 3 rings (SSSR count). The fraction of sp³-hybridized carbons (Fsp3) is 0.167. The van der Waals surface area contributed by atoms with Gasteiger partial charge >= 0.3 is 6.01 Å². The highest BCUT2D eigenvalue weighted by Gasteiger charge is 2.20. The van der Waals surface area contributed by atoms with Gasteiger partial charge in [-0.2, -0.15) is 0 Å². The van der Waals surface area contributed by atoms with Crippen LogP contribution in [0.2, 0.25) is 0 Å². The number of nitrogens with one attached hydrogen (secondary N) is 1. The van der Waals surface area contributed by atoms with E-state index >= 15 is 0 Å². The van der Waals surface area contributed by atoms with Gasteiger partial charge in [-0.05, 0) is 30.3 Å². The van der Waals surface area contributed by atoms with Crippen LogP contribution in [-0.2, 0) is 9.84 Å². The number of amides is 1. The van der Waals surface area contributed by atoms with Gasteiger partial charge in [-0.1, -0.05) is 17.2 Å². The van der Waals surface area contributed by atoms with Gasteiger partial charge in [0.25, 0.3) is 5.91 Å². The van der Waals surface area contributed by atoms with E-state index in [9.17, 15) is 13.2 Å². The molecule has 0 atom stereocenters. The van der Waals surface area contributed by atoms with Crippen LogP contribution >= 0.6 is 0 Å². The Morgan fingerprint density at radius 3 is 2.43 bits per heavy atom. The third-order valence-electron chi connectivity index (χ3n) is 3.81. The summed E-state index contributed by atoms with van der Waals surface area (Å²) in [5.74, 6) is 0.485. The lowest BCUT2D eigenvalue weighted by Gasteiger charge is -2.07. The smallest absolute Gasteiger partial charge is 0.322 e. The number of aromatic nitrogens is 2. The maximum atomic E-state index is 12.5. The Morgan fingerprint density at radius 2 is 1.75 bits per heavy atom. The zero-order valence-electron chi connectivity index (χ0n) is 15.3. The highest BCUT2D eigenvalue weighted by atomic mass is 32.2. The Morgan fingerprint density at radius 1 is 1.04 bits per heavy atom. The molecule has 146 valence electrons. The molecule has 1 aromatic heterocycles. The van der Waals surface area contributed by atoms with Crippen molar-refractivity contribution in [2.24, 2.45) is 0 Å². The number of carbonyl (C=O) groups excluding carboxylic acids is 1. The van der Waals surface area contributed by atoms with Gasteiger partial charge in [-0.25, -0.2) is 8.42 Å². The molecule has 0 saturated heterocycles. The Hall–Kier alpha value is -3.40. The van der Waals surface area contributed by atoms with Gasteiger partial charge in [-0.3, -0.25) is 10.1 Å². The molecule has 0 aliphatic carbocycles. The van der Waals surface area contributed by atoms with Crippen molar-refractivity contribution in [3.05, 3.63) is 48.0 Å². The molecule has 0 unspecified atom stereocenters. The van der Waals surface area contributed by atoms with Gasteiger partial charge in [-0.15, -0.1) is 5.10 Å². The van der Waals surface area contributed by atoms with Crippen LogP contribution in [0.25, 0.3) is 11.5 Å². The highest BCUT2D eigenvalue weighted by Crippen LogP contribution is 2.32. The first-order chi connectivity index (χ1) is 13.3. The molecule has 0 radical (unpaired) electrons. The Bertz CT molecular complexity index is 1120. The molecule has 1 amide bonds. The summed E-state index contributed by atoms with van der Waals surface area (Å²) in [6.45, 7) is 0. The highest BCUT2D eigenvalue weighted by molar-refractivity contribution is 7.90. The molecule has 0 aliphatic heterocycles. The van der Waals surface area contributed by atoms with Gasteiger partial charge in [0.05, 0.1) is 24.7 Å². The molecule has 10 heteroatoms. The average molecular weight is 403 g/mol. The van der Waals surface area contributed by atoms with Gasteiger partial charge in [0.2, 0.25) is 5.89 Å². The summed E-state index contributed by atoms with van der Waals surface area (Å²) in [5.41, 5.74) is 0.540. The fourth-order valence-corrected chi connectivity index (χ4v) is 3.39. The molecule has 0 fully saturated rings. The average Bonchev–Trinajstić information content (AvgIpc) is 3.15. The molecular formula is C18H17N3O6S. The Balaban J connectivity index is 1.85. The SMILES string of the molecule is COc1ccc(-c2nnc(NC(=O)c3ccccc3S(C)(=O)=O)o2)cc1OC. The van der Waals surface area contributed by atoms with Crippen molar-refractivity contribution in [3.8, 4) is 23.0 Å². The molecule has 0 saturated carbocycles. The second-order valence-corrected chi connectivity index (χ2v) is 7.69. The largest absolute Gasteiger partial charge is 0.493 e. The molecule has 0 spiro atoms. The van der Waals surface area contributed by atoms with E-state index in [1.165, 1.54) is 32.4 Å². The van der Waals surface area contributed by atoms with E-state index in [0.29, 0.717) is 17.1 Å². The normalized spacial score (nSPS) is 11.1. The van der Waals surface area contributed by atoms with Crippen molar-refractivity contribution in [2.75, 3.05) is 25.8 Å². The molecule has 28 heavy (non-hydrogen) atoms. The van der Waals surface area contributed by atoms with Crippen molar-refractivity contribution in [3.63, 3.8) is 0 Å². The van der Waals surface area contributed by atoms with E-state index in [0.717, 1.165) is 6.26 Å². The predicted molar refractivity (Wildman–Crippen MR) is 100 cm³/mol. The van der Waals surface area contributed by atoms with E-state index in [1.54, 1.807) is 24.3 Å². The van der Waals surface area contributed by atoms with Crippen molar-refractivity contribution in [1.82, 2.24) is 10.2 Å². The molecular weight excluding hydrogens is 386 g/mol. The Kier molecular flexibility index (Phi) is 5.32. The number of anilines is 1. The molecule has 1 N–H and O–H groups in total. The van der Waals surface area contributed by atoms with Crippen LogP contribution in [0.15, 0.2) is 51.8 Å². The lowest BCUT2D eigenvalue weighted by atomic mass is 10.2. The maximum Gasteiger partial charge on any atom is 0.322 e. The van der Waals surface area contributed by atoms with Crippen molar-refractivity contribution in [1.29, 1.82) is 0 Å². The first-order valence-corrected chi connectivity index (χ1v) is 9.89. The second-order valence-electron chi connectivity index (χ2n) is 5.70. The number of hydrogen-bond donors (Lipinski definition) is 1. The predicted octanol–water partition coefficient (Wildman–Crippen LogP) is 2.41. The molecule has 0 aliphatic rings. The van der Waals surface area contributed by atoms with Gasteiger partial charge in [0.15, 0.2) is 21.3 Å². The van der Waals surface area contributed by atoms with Crippen molar-refractivity contribution >= 4 is 21.8 Å². The molecule has 2 aromatic carbocycles. The Labute approximate surface area is 161 Å². The van der Waals surface area contributed by atoms with Crippen LogP contribution in [-0.4, -0.2) is 45.0 Å². The van der Waals surface area contributed by atoms with Crippen molar-refractivity contribution in [2.45, 2.75) is 4.90 Å². The minimum absolute atomic E-state index is 0.0177. The van der Waals surface area contributed by atoms with Crippen molar-refractivity contribution < 1.29 is 27.1 Å². The fourth-order valence-electron chi connectivity index (χ4n) is 2.50. The zero-order valence-corrected chi connectivity index (χ0v) is 16.1. The molecule has 9 nitrogen and oxygen atoms in total. The number of sulfone groups is 1. The number of hydrogen-bond acceptors (Lipinski definition) is 8. The van der Waals surface area contributed by atoms with Gasteiger partial charge in [0.1, 0.15) is 0 Å². The topological polar surface area (TPSA) is 121 Å². The minimum Gasteiger partial charge on any atom is -0.493 e. The first kappa shape index (κ1) is 19.4. The summed E-state index contributed by atoms with van der Waals surface area (Å²) in [6.07, 6.45) is 1.03. The van der Waals surface area contributed by atoms with Crippen LogP contribution in [0.1, 0.15) is 10.4 Å². The first-order valence-electron chi connectivity index (χ1n) is 8.00. The van der Waals surface area contributed by atoms with Crippen LogP contribution in [0, 0.1) is 0 Å². The van der Waals surface area contributed by atoms with Gasteiger partial charge < -0.3 is 13.9 Å². The van der Waals surface area contributed by atoms with Crippen LogP contribution in [0.4, 0.5) is 6.01 Å². The summed E-state index contributed by atoms with van der Waals surface area (Å²) in [7, 11) is -0.556. The monoisotopic (exact) mass is 403 g/mol. The molecule has 3 aromatic rings. The number of rotatable bonds is 6. The molecule has 1 heterocycles. The van der Waals surface area contributed by atoms with E-state index < -0.39 is 15.7 Å². The van der Waals surface area contributed by atoms with Gasteiger partial charge in [0, 0.05) is 11.8 Å². The lowest BCUT2D eigenvalue weighted by Crippen LogP contribution is -2.16. The number of nitrogens with zero attached hydrogens (tertiary/aromatic N) is 2. The summed E-state index contributed by atoms with van der Waals surface area (Å²) >= 11 is 0. The molecule has 0 bridgehead atoms. The van der Waals surface area contributed by atoms with E-state index in [2.05, 4.69) is 15.5 Å². The van der Waals surface area contributed by atoms with Crippen LogP contribution in [0.3, 0.4) is 0 Å².